The van der Waals surface area contributed by atoms with E-state index in [0.29, 0.717) is 37.0 Å². The molecule has 5 fully saturated rings. The maximum Gasteiger partial charge on any atom is 0.336 e. The average molecular weight is 566 g/mol. The summed E-state index contributed by atoms with van der Waals surface area (Å²) in [6, 6.07) is 5.52. The Morgan fingerprint density at radius 1 is 1.10 bits per heavy atom. The molecule has 1 spiro atoms. The highest BCUT2D eigenvalue weighted by atomic mass is 17.3. The molecule has 0 N–H and O–H groups in total. The SMILES string of the molecule is Cc1cc(C)c2c(Cn3cc(CCO[C@H]4O[C@@H]5O[C@@]6(C)CC[C@H]7[C@H](C)CC[C@@H]([C@H]4C)[C@@]57OO6)nn3)cc(=O)oc2c1. The summed E-state index contributed by atoms with van der Waals surface area (Å²) in [7, 11) is 0. The average Bonchev–Trinajstić information content (AvgIpc) is 3.22. The van der Waals surface area contributed by atoms with Crippen LogP contribution in [0.25, 0.3) is 11.0 Å². The lowest BCUT2D eigenvalue weighted by atomic mass is 9.58. The minimum atomic E-state index is -0.802. The van der Waals surface area contributed by atoms with Crippen molar-refractivity contribution < 1.29 is 28.4 Å². The number of aryl methyl sites for hydroxylation is 2. The van der Waals surface area contributed by atoms with E-state index in [4.69, 9.17) is 28.4 Å². The number of fused-ring (bicyclic) bond motifs is 3. The fourth-order valence-electron chi connectivity index (χ4n) is 7.94. The van der Waals surface area contributed by atoms with Crippen LogP contribution in [0, 0.1) is 37.5 Å². The smallest absolute Gasteiger partial charge is 0.336 e. The fourth-order valence-corrected chi connectivity index (χ4v) is 7.94. The number of hydrogen-bond acceptors (Lipinski definition) is 9. The fraction of sp³-hybridized carbons (Fsp3) is 0.645. The van der Waals surface area contributed by atoms with Crippen molar-refractivity contribution in [2.75, 3.05) is 6.61 Å². The first-order valence-electron chi connectivity index (χ1n) is 14.9. The highest BCUT2D eigenvalue weighted by Crippen LogP contribution is 2.60. The molecule has 4 aliphatic heterocycles. The van der Waals surface area contributed by atoms with Gasteiger partial charge in [-0.05, 0) is 74.6 Å². The molecule has 10 heteroatoms. The van der Waals surface area contributed by atoms with Gasteiger partial charge in [0.25, 0.3) is 0 Å². The van der Waals surface area contributed by atoms with E-state index in [1.54, 1.807) is 4.68 Å². The minimum Gasteiger partial charge on any atom is -0.423 e. The quantitative estimate of drug-likeness (QED) is 0.307. The molecule has 1 aliphatic carbocycles. The summed E-state index contributed by atoms with van der Waals surface area (Å²) < 4.78 is 26.5. The minimum absolute atomic E-state index is 0.122. The Labute approximate surface area is 239 Å². The van der Waals surface area contributed by atoms with E-state index in [1.165, 1.54) is 6.07 Å². The normalized spacial score (nSPS) is 36.3. The summed E-state index contributed by atoms with van der Waals surface area (Å²) in [5.74, 6) is 0.394. The van der Waals surface area contributed by atoms with Crippen LogP contribution >= 0.6 is 0 Å². The molecule has 1 aromatic carbocycles. The first-order valence-corrected chi connectivity index (χ1v) is 14.9. The van der Waals surface area contributed by atoms with Gasteiger partial charge in [-0.15, -0.1) is 5.10 Å². The Bertz CT molecular complexity index is 1520. The van der Waals surface area contributed by atoms with Crippen LogP contribution in [0.5, 0.6) is 0 Å². The molecule has 2 bridgehead atoms. The number of ether oxygens (including phenoxy) is 3. The Kier molecular flexibility index (Phi) is 6.63. The monoisotopic (exact) mass is 565 g/mol. The molecule has 6 heterocycles. The number of benzene rings is 1. The summed E-state index contributed by atoms with van der Waals surface area (Å²) in [5.41, 5.74) is 3.42. The van der Waals surface area contributed by atoms with Gasteiger partial charge in [0.15, 0.2) is 18.2 Å². The summed E-state index contributed by atoms with van der Waals surface area (Å²) in [4.78, 5) is 24.4. The predicted molar refractivity (Wildman–Crippen MR) is 148 cm³/mol. The number of rotatable bonds is 6. The third kappa shape index (κ3) is 4.55. The van der Waals surface area contributed by atoms with E-state index in [-0.39, 0.29) is 17.5 Å². The summed E-state index contributed by atoms with van der Waals surface area (Å²) in [5, 5.41) is 9.61. The topological polar surface area (TPSA) is 107 Å². The lowest BCUT2D eigenvalue weighted by Gasteiger charge is -2.60. The maximum atomic E-state index is 12.2. The highest BCUT2D eigenvalue weighted by Gasteiger charge is 2.69. The van der Waals surface area contributed by atoms with Crippen molar-refractivity contribution in [3.05, 3.63) is 57.2 Å². The zero-order valence-electron chi connectivity index (χ0n) is 24.4. The van der Waals surface area contributed by atoms with Crippen molar-refractivity contribution in [1.82, 2.24) is 15.0 Å². The molecule has 41 heavy (non-hydrogen) atoms. The Hall–Kier alpha value is -2.63. The molecule has 4 saturated heterocycles. The van der Waals surface area contributed by atoms with Crippen LogP contribution in [0.1, 0.15) is 68.8 Å². The van der Waals surface area contributed by atoms with Gasteiger partial charge >= 0.3 is 5.63 Å². The lowest BCUT2D eigenvalue weighted by Crippen LogP contribution is -2.70. The zero-order chi connectivity index (χ0) is 28.5. The van der Waals surface area contributed by atoms with Crippen molar-refractivity contribution in [3.8, 4) is 0 Å². The van der Waals surface area contributed by atoms with Crippen LogP contribution < -0.4 is 5.63 Å². The maximum absolute atomic E-state index is 12.2. The van der Waals surface area contributed by atoms with Gasteiger partial charge in [-0.3, -0.25) is 0 Å². The predicted octanol–water partition coefficient (Wildman–Crippen LogP) is 4.82. The van der Waals surface area contributed by atoms with Crippen molar-refractivity contribution >= 4 is 11.0 Å². The Balaban J connectivity index is 1.03. The van der Waals surface area contributed by atoms with Gasteiger partial charge in [0, 0.05) is 42.3 Å². The molecular weight excluding hydrogens is 526 g/mol. The van der Waals surface area contributed by atoms with Crippen LogP contribution in [-0.2, 0) is 37.0 Å². The number of nitrogens with zero attached hydrogens (tertiary/aromatic N) is 3. The first-order chi connectivity index (χ1) is 19.6. The molecule has 5 aliphatic rings. The van der Waals surface area contributed by atoms with Crippen LogP contribution in [0.4, 0.5) is 0 Å². The third-order valence-electron chi connectivity index (χ3n) is 9.92. The molecule has 0 radical (unpaired) electrons. The van der Waals surface area contributed by atoms with Gasteiger partial charge in [0.1, 0.15) is 5.58 Å². The van der Waals surface area contributed by atoms with Crippen LogP contribution in [0.2, 0.25) is 0 Å². The molecule has 10 nitrogen and oxygen atoms in total. The second-order valence-electron chi connectivity index (χ2n) is 12.8. The van der Waals surface area contributed by atoms with Crippen LogP contribution in [0.3, 0.4) is 0 Å². The summed E-state index contributed by atoms with van der Waals surface area (Å²) in [6.45, 7) is 11.3. The van der Waals surface area contributed by atoms with Crippen molar-refractivity contribution in [2.24, 2.45) is 23.7 Å². The van der Waals surface area contributed by atoms with Gasteiger partial charge < -0.3 is 18.6 Å². The molecule has 8 atom stereocenters. The van der Waals surface area contributed by atoms with E-state index < -0.39 is 24.0 Å². The molecule has 2 aromatic heterocycles. The molecule has 3 aromatic rings. The van der Waals surface area contributed by atoms with E-state index in [2.05, 4.69) is 30.2 Å². The van der Waals surface area contributed by atoms with E-state index in [9.17, 15) is 4.79 Å². The van der Waals surface area contributed by atoms with Gasteiger partial charge in [0.2, 0.25) is 5.79 Å². The van der Waals surface area contributed by atoms with Crippen LogP contribution in [0.15, 0.2) is 33.6 Å². The number of aromatic nitrogens is 3. The zero-order valence-corrected chi connectivity index (χ0v) is 24.4. The second kappa shape index (κ2) is 9.98. The van der Waals surface area contributed by atoms with Gasteiger partial charge in [0.05, 0.1) is 18.8 Å². The Morgan fingerprint density at radius 3 is 2.80 bits per heavy atom. The van der Waals surface area contributed by atoms with Crippen molar-refractivity contribution in [3.63, 3.8) is 0 Å². The van der Waals surface area contributed by atoms with Gasteiger partial charge in [-0.25, -0.2) is 19.3 Å². The standard InChI is InChI=1S/C31H39N3O7/c1-17-12-19(3)27-21(14-26(35)37-25(27)13-17)15-34-16-22(32-33-34)9-11-36-28-20(4)24-7-6-18(2)23-8-10-30(5)39-29(38-28)31(23,24)41-40-30/h12-14,16,18,20,23-24,28-29H,6-11,15H2,1-5H3/t18-,20-,23+,24+,28+,29-,30-,31-/m1/s1. The van der Waals surface area contributed by atoms with Crippen molar-refractivity contribution in [1.29, 1.82) is 0 Å². The van der Waals surface area contributed by atoms with E-state index in [1.807, 2.05) is 33.0 Å². The van der Waals surface area contributed by atoms with E-state index in [0.717, 1.165) is 53.5 Å². The Morgan fingerprint density at radius 2 is 1.95 bits per heavy atom. The van der Waals surface area contributed by atoms with Gasteiger partial charge in [-0.2, -0.15) is 0 Å². The molecule has 8 rings (SSSR count). The largest absolute Gasteiger partial charge is 0.423 e. The van der Waals surface area contributed by atoms with Crippen LogP contribution in [-0.4, -0.2) is 45.6 Å². The molecular formula is C31H39N3O7. The number of hydrogen-bond donors (Lipinski definition) is 0. The summed E-state index contributed by atoms with van der Waals surface area (Å²) in [6.07, 6.45) is 5.53. The van der Waals surface area contributed by atoms with Crippen molar-refractivity contribution in [2.45, 2.75) is 97.2 Å². The molecule has 0 unspecified atom stereocenters. The molecule has 0 amide bonds. The summed E-state index contributed by atoms with van der Waals surface area (Å²) >= 11 is 0. The first kappa shape index (κ1) is 27.2. The lowest BCUT2D eigenvalue weighted by molar-refractivity contribution is -0.577. The van der Waals surface area contributed by atoms with Gasteiger partial charge in [-0.1, -0.05) is 25.1 Å². The molecule has 1 saturated carbocycles. The third-order valence-corrected chi connectivity index (χ3v) is 9.92. The molecule has 220 valence electrons. The van der Waals surface area contributed by atoms with E-state index >= 15 is 0 Å². The highest BCUT2D eigenvalue weighted by molar-refractivity contribution is 5.84. The second-order valence-corrected chi connectivity index (χ2v) is 12.8.